The van der Waals surface area contributed by atoms with Crippen LogP contribution in [0.5, 0.6) is 0 Å². The van der Waals surface area contributed by atoms with Crippen LogP contribution in [-0.2, 0) is 28.6 Å². The highest BCUT2D eigenvalue weighted by molar-refractivity contribution is 5.71. The standard InChI is InChI=1S/C56H96O6/c1-4-7-10-13-16-19-22-25-27-29-31-34-37-40-43-46-49-55(58)61-52-53(51-60-54(57)48-45-42-39-36-33-30-24-21-18-15-12-9-6-3)62-56(59)50-47-44-41-38-35-32-28-26-23-20-17-14-11-8-5-2/h9,12,15,18,20-21,23-24,30,33,36,39,53H,4-8,10-11,13-14,16-17,19,22,25-29,31-32,34-35,37-38,40-52H2,1-3H3/b12-9-,18-15-,23-20-,24-21-,33-30-,39-36-. The van der Waals surface area contributed by atoms with E-state index < -0.39 is 6.10 Å². The normalized spacial score (nSPS) is 12.6. The van der Waals surface area contributed by atoms with Gasteiger partial charge in [-0.3, -0.25) is 14.4 Å². The number of ether oxygens (including phenoxy) is 3. The second-order valence-corrected chi connectivity index (χ2v) is 17.2. The summed E-state index contributed by atoms with van der Waals surface area (Å²) in [5.41, 5.74) is 0. The van der Waals surface area contributed by atoms with Crippen molar-refractivity contribution in [3.05, 3.63) is 72.9 Å². The summed E-state index contributed by atoms with van der Waals surface area (Å²) in [6, 6.07) is 0. The number of unbranched alkanes of at least 4 members (excludes halogenated alkanes) is 27. The van der Waals surface area contributed by atoms with E-state index in [9.17, 15) is 14.4 Å². The van der Waals surface area contributed by atoms with Crippen molar-refractivity contribution in [1.29, 1.82) is 0 Å². The van der Waals surface area contributed by atoms with Gasteiger partial charge in [0.25, 0.3) is 0 Å². The maximum atomic E-state index is 12.8. The zero-order valence-corrected chi connectivity index (χ0v) is 40.6. The average molecular weight is 865 g/mol. The van der Waals surface area contributed by atoms with Crippen LogP contribution in [0, 0.1) is 0 Å². The Morgan fingerprint density at radius 2 is 0.661 bits per heavy atom. The summed E-state index contributed by atoms with van der Waals surface area (Å²) in [5, 5.41) is 0. The molecule has 1 unspecified atom stereocenters. The molecule has 62 heavy (non-hydrogen) atoms. The molecule has 0 aliphatic rings. The Hall–Kier alpha value is -3.15. The minimum atomic E-state index is -0.804. The van der Waals surface area contributed by atoms with Crippen LogP contribution in [0.4, 0.5) is 0 Å². The van der Waals surface area contributed by atoms with Crippen molar-refractivity contribution in [2.45, 2.75) is 252 Å². The van der Waals surface area contributed by atoms with Gasteiger partial charge in [0.1, 0.15) is 13.2 Å². The van der Waals surface area contributed by atoms with Gasteiger partial charge in [0.2, 0.25) is 0 Å². The third-order valence-electron chi connectivity index (χ3n) is 11.1. The monoisotopic (exact) mass is 865 g/mol. The molecule has 0 N–H and O–H groups in total. The van der Waals surface area contributed by atoms with Gasteiger partial charge in [0.05, 0.1) is 0 Å². The first kappa shape index (κ1) is 58.9. The molecular formula is C56H96O6. The summed E-state index contributed by atoms with van der Waals surface area (Å²) < 4.78 is 16.7. The summed E-state index contributed by atoms with van der Waals surface area (Å²) in [6.45, 7) is 6.42. The van der Waals surface area contributed by atoms with Crippen LogP contribution in [-0.4, -0.2) is 37.2 Å². The molecule has 0 rings (SSSR count). The van der Waals surface area contributed by atoms with Gasteiger partial charge >= 0.3 is 17.9 Å². The first-order valence-corrected chi connectivity index (χ1v) is 26.0. The molecule has 0 aliphatic carbocycles. The van der Waals surface area contributed by atoms with E-state index in [4.69, 9.17) is 14.2 Å². The number of hydrogen-bond acceptors (Lipinski definition) is 6. The first-order valence-electron chi connectivity index (χ1n) is 26.0. The molecule has 0 fully saturated rings. The smallest absolute Gasteiger partial charge is 0.306 e. The quantitative estimate of drug-likeness (QED) is 0.0199. The van der Waals surface area contributed by atoms with Crippen LogP contribution in [0.3, 0.4) is 0 Å². The van der Waals surface area contributed by atoms with Gasteiger partial charge in [-0.05, 0) is 57.8 Å². The summed E-state index contributed by atoms with van der Waals surface area (Å²) >= 11 is 0. The molecule has 0 radical (unpaired) electrons. The second kappa shape index (κ2) is 50.5. The predicted octanol–water partition coefficient (Wildman–Crippen LogP) is 17.0. The van der Waals surface area contributed by atoms with E-state index >= 15 is 0 Å². The number of hydrogen-bond donors (Lipinski definition) is 0. The van der Waals surface area contributed by atoms with E-state index in [-0.39, 0.29) is 37.5 Å². The lowest BCUT2D eigenvalue weighted by Crippen LogP contribution is -2.30. The van der Waals surface area contributed by atoms with Gasteiger partial charge in [-0.1, -0.05) is 241 Å². The highest BCUT2D eigenvalue weighted by atomic mass is 16.6. The van der Waals surface area contributed by atoms with Crippen molar-refractivity contribution in [3.8, 4) is 0 Å². The Labute approximate surface area is 382 Å². The summed E-state index contributed by atoms with van der Waals surface area (Å²) in [7, 11) is 0. The third kappa shape index (κ3) is 47.9. The Morgan fingerprint density at radius 1 is 0.339 bits per heavy atom. The molecule has 356 valence electrons. The summed E-state index contributed by atoms with van der Waals surface area (Å²) in [5.74, 6) is -0.975. The van der Waals surface area contributed by atoms with Gasteiger partial charge in [-0.2, -0.15) is 0 Å². The second-order valence-electron chi connectivity index (χ2n) is 17.2. The predicted molar refractivity (Wildman–Crippen MR) is 265 cm³/mol. The Morgan fingerprint density at radius 3 is 1.10 bits per heavy atom. The van der Waals surface area contributed by atoms with Crippen molar-refractivity contribution in [1.82, 2.24) is 0 Å². The van der Waals surface area contributed by atoms with Crippen LogP contribution in [0.2, 0.25) is 0 Å². The van der Waals surface area contributed by atoms with E-state index in [1.807, 2.05) is 54.7 Å². The maximum absolute atomic E-state index is 12.8. The van der Waals surface area contributed by atoms with E-state index in [1.54, 1.807) is 0 Å². The minimum Gasteiger partial charge on any atom is -0.462 e. The molecule has 0 heterocycles. The molecule has 0 bridgehead atoms. The van der Waals surface area contributed by atoms with Crippen molar-refractivity contribution in [2.75, 3.05) is 13.2 Å². The molecule has 6 heteroatoms. The SMILES string of the molecule is CC\C=C/C=C\C=C/C=C\C=C/CCCC(=O)OCC(COC(=O)CCCCCCCCCCCCCCCCCC)OC(=O)CCCCCCCCC/C=C\CCCCCC. The largest absolute Gasteiger partial charge is 0.462 e. The number of carbonyl (C=O) groups is 3. The van der Waals surface area contributed by atoms with Crippen molar-refractivity contribution < 1.29 is 28.6 Å². The highest BCUT2D eigenvalue weighted by Gasteiger charge is 2.19. The molecule has 0 aliphatic heterocycles. The summed E-state index contributed by atoms with van der Waals surface area (Å²) in [6.07, 6.45) is 63.2. The Bertz CT molecular complexity index is 1180. The fourth-order valence-electron chi connectivity index (χ4n) is 7.17. The molecule has 6 nitrogen and oxygen atoms in total. The molecule has 0 saturated carbocycles. The Balaban J connectivity index is 4.45. The van der Waals surface area contributed by atoms with E-state index in [0.717, 1.165) is 51.4 Å². The van der Waals surface area contributed by atoms with Crippen LogP contribution in [0.25, 0.3) is 0 Å². The lowest BCUT2D eigenvalue weighted by atomic mass is 10.0. The molecule has 0 aromatic heterocycles. The van der Waals surface area contributed by atoms with Crippen molar-refractivity contribution >= 4 is 17.9 Å². The van der Waals surface area contributed by atoms with Crippen molar-refractivity contribution in [3.63, 3.8) is 0 Å². The molecular weight excluding hydrogens is 769 g/mol. The number of carbonyl (C=O) groups excluding carboxylic acids is 3. The maximum Gasteiger partial charge on any atom is 0.306 e. The van der Waals surface area contributed by atoms with Crippen LogP contribution < -0.4 is 0 Å². The topological polar surface area (TPSA) is 78.9 Å². The van der Waals surface area contributed by atoms with E-state index in [2.05, 4.69) is 39.0 Å². The van der Waals surface area contributed by atoms with Gasteiger partial charge in [-0.25, -0.2) is 0 Å². The molecule has 0 aromatic rings. The first-order chi connectivity index (χ1) is 30.5. The number of allylic oxidation sites excluding steroid dienone is 12. The molecule has 1 atom stereocenters. The van der Waals surface area contributed by atoms with Gasteiger partial charge in [0, 0.05) is 19.3 Å². The van der Waals surface area contributed by atoms with Crippen molar-refractivity contribution in [2.24, 2.45) is 0 Å². The van der Waals surface area contributed by atoms with Gasteiger partial charge < -0.3 is 14.2 Å². The van der Waals surface area contributed by atoms with Gasteiger partial charge in [-0.15, -0.1) is 0 Å². The molecule has 0 amide bonds. The molecule has 0 saturated heterocycles. The zero-order chi connectivity index (χ0) is 45.1. The van der Waals surface area contributed by atoms with Gasteiger partial charge in [0.15, 0.2) is 6.10 Å². The lowest BCUT2D eigenvalue weighted by molar-refractivity contribution is -0.167. The van der Waals surface area contributed by atoms with Crippen LogP contribution in [0.1, 0.15) is 245 Å². The molecule has 0 spiro atoms. The fourth-order valence-corrected chi connectivity index (χ4v) is 7.17. The minimum absolute atomic E-state index is 0.0977. The molecule has 0 aromatic carbocycles. The van der Waals surface area contributed by atoms with Crippen LogP contribution >= 0.6 is 0 Å². The number of esters is 3. The van der Waals surface area contributed by atoms with E-state index in [1.165, 1.54) is 148 Å². The average Bonchev–Trinajstić information content (AvgIpc) is 3.27. The fraction of sp³-hybridized carbons (Fsp3) is 0.732. The van der Waals surface area contributed by atoms with Crippen LogP contribution in [0.15, 0.2) is 72.9 Å². The zero-order valence-electron chi connectivity index (χ0n) is 40.6. The highest BCUT2D eigenvalue weighted by Crippen LogP contribution is 2.15. The number of rotatable bonds is 46. The Kier molecular flexibility index (Phi) is 47.9. The lowest BCUT2D eigenvalue weighted by Gasteiger charge is -2.18. The summed E-state index contributed by atoms with van der Waals surface area (Å²) in [4.78, 5) is 37.9. The van der Waals surface area contributed by atoms with E-state index in [0.29, 0.717) is 19.3 Å². The third-order valence-corrected chi connectivity index (χ3v) is 11.1.